The summed E-state index contributed by atoms with van der Waals surface area (Å²) in [6.45, 7) is 2.15. The van der Waals surface area contributed by atoms with Gasteiger partial charge in [-0.15, -0.1) is 5.06 Å². The second kappa shape index (κ2) is 7.93. The van der Waals surface area contributed by atoms with Crippen molar-refractivity contribution in [3.63, 3.8) is 0 Å². The largest absolute Gasteiger partial charge is 0.333 e. The maximum atomic E-state index is 11.2. The zero-order valence-electron chi connectivity index (χ0n) is 8.77. The first-order valence-corrected chi connectivity index (χ1v) is 4.83. The van der Waals surface area contributed by atoms with Gasteiger partial charge in [-0.05, 0) is 19.4 Å². The summed E-state index contributed by atoms with van der Waals surface area (Å²) in [4.78, 5) is 37.2. The zero-order chi connectivity index (χ0) is 11.7. The lowest BCUT2D eigenvalue weighted by Crippen LogP contribution is -2.32. The van der Waals surface area contributed by atoms with E-state index in [9.17, 15) is 14.4 Å². The van der Waals surface area contributed by atoms with Crippen molar-refractivity contribution in [1.82, 2.24) is 5.06 Å². The Bertz CT molecular complexity index is 230. The molecule has 15 heavy (non-hydrogen) atoms. The van der Waals surface area contributed by atoms with Gasteiger partial charge in [0.2, 0.25) is 0 Å². The van der Waals surface area contributed by atoms with E-state index in [0.29, 0.717) is 24.4 Å². The Morgan fingerprint density at radius 1 is 1.40 bits per heavy atom. The molecule has 0 radical (unpaired) electrons. The number of hydrogen-bond donors (Lipinski definition) is 1. The van der Waals surface area contributed by atoms with Crippen molar-refractivity contribution in [2.45, 2.75) is 32.6 Å². The minimum absolute atomic E-state index is 0.0975. The molecule has 0 aliphatic heterocycles. The molecule has 0 unspecified atom stereocenters. The van der Waals surface area contributed by atoms with E-state index in [2.05, 4.69) is 4.84 Å². The molecule has 0 atom stereocenters. The Kier molecular flexibility index (Phi) is 7.17. The molecule has 2 amide bonds. The van der Waals surface area contributed by atoms with E-state index in [1.54, 1.807) is 6.92 Å². The first-order valence-electron chi connectivity index (χ1n) is 4.83. The van der Waals surface area contributed by atoms with Gasteiger partial charge in [-0.2, -0.15) is 0 Å². The molecule has 0 aliphatic carbocycles. The number of carbonyl (C=O) groups excluding carboxylic acids is 3. The van der Waals surface area contributed by atoms with Gasteiger partial charge in [0.1, 0.15) is 0 Å². The van der Waals surface area contributed by atoms with Crippen LogP contribution in [0.15, 0.2) is 0 Å². The van der Waals surface area contributed by atoms with Crippen LogP contribution in [0.25, 0.3) is 0 Å². The van der Waals surface area contributed by atoms with Crippen molar-refractivity contribution < 1.29 is 19.2 Å². The fraction of sp³-hybridized carbons (Fsp3) is 0.667. The molecule has 6 nitrogen and oxygen atoms in total. The number of hydroxylamine groups is 2. The van der Waals surface area contributed by atoms with Gasteiger partial charge < -0.3 is 10.6 Å². The van der Waals surface area contributed by atoms with Crippen molar-refractivity contribution in [3.05, 3.63) is 0 Å². The molecule has 86 valence electrons. The van der Waals surface area contributed by atoms with Gasteiger partial charge in [0.05, 0.1) is 0 Å². The maximum absolute atomic E-state index is 11.2. The smallest absolute Gasteiger partial charge is 0.331 e. The average Bonchev–Trinajstić information content (AvgIpc) is 2.23. The molecule has 0 aromatic rings. The monoisotopic (exact) mass is 216 g/mol. The highest BCUT2D eigenvalue weighted by Crippen LogP contribution is 1.99. The number of nitrogens with zero attached hydrogens (tertiary/aromatic N) is 1. The van der Waals surface area contributed by atoms with E-state index < -0.39 is 11.9 Å². The van der Waals surface area contributed by atoms with Crippen LogP contribution in [-0.4, -0.2) is 29.9 Å². The molecule has 0 bridgehead atoms. The molecular weight excluding hydrogens is 200 g/mol. The Labute approximate surface area is 88.3 Å². The lowest BCUT2D eigenvalue weighted by atomic mass is 10.3. The Balaban J connectivity index is 4.03. The summed E-state index contributed by atoms with van der Waals surface area (Å²) >= 11 is 0. The van der Waals surface area contributed by atoms with Crippen molar-refractivity contribution in [2.24, 2.45) is 5.73 Å². The van der Waals surface area contributed by atoms with Gasteiger partial charge in [0.15, 0.2) is 0 Å². The molecule has 2 N–H and O–H groups in total. The lowest BCUT2D eigenvalue weighted by molar-refractivity contribution is -0.196. The van der Waals surface area contributed by atoms with E-state index in [4.69, 9.17) is 5.73 Å². The standard InChI is InChI=1S/C9H16N2O4/c1-2-4-8(13)11(7-12)15-9(14)5-3-6-10/h7H,2-6,10H2,1H3. The van der Waals surface area contributed by atoms with Gasteiger partial charge in [0, 0.05) is 12.8 Å². The molecular formula is C9H16N2O4. The summed E-state index contributed by atoms with van der Waals surface area (Å²) < 4.78 is 0. The van der Waals surface area contributed by atoms with Crippen LogP contribution in [0.1, 0.15) is 32.6 Å². The third kappa shape index (κ3) is 5.79. The summed E-state index contributed by atoms with van der Waals surface area (Å²) in [6, 6.07) is 0. The fourth-order valence-corrected chi connectivity index (χ4v) is 0.857. The van der Waals surface area contributed by atoms with Crippen LogP contribution in [0.4, 0.5) is 0 Å². The van der Waals surface area contributed by atoms with Crippen LogP contribution in [-0.2, 0) is 19.2 Å². The number of amides is 2. The summed E-state index contributed by atoms with van der Waals surface area (Å²) in [7, 11) is 0. The van der Waals surface area contributed by atoms with Crippen molar-refractivity contribution >= 4 is 18.3 Å². The molecule has 0 spiro atoms. The van der Waals surface area contributed by atoms with Gasteiger partial charge in [-0.3, -0.25) is 9.59 Å². The van der Waals surface area contributed by atoms with E-state index >= 15 is 0 Å². The molecule has 0 aromatic heterocycles. The number of hydrogen-bond acceptors (Lipinski definition) is 5. The van der Waals surface area contributed by atoms with E-state index in [0.717, 1.165) is 0 Å². The minimum Gasteiger partial charge on any atom is -0.331 e. The first-order chi connectivity index (χ1) is 7.15. The third-order valence-electron chi connectivity index (χ3n) is 1.59. The van der Waals surface area contributed by atoms with Crippen molar-refractivity contribution in [3.8, 4) is 0 Å². The quantitative estimate of drug-likeness (QED) is 0.497. The number of carbonyl (C=O) groups is 3. The number of nitrogens with two attached hydrogens (primary N) is 1. The molecule has 0 saturated carbocycles. The molecule has 0 aliphatic rings. The second-order valence-electron chi connectivity index (χ2n) is 2.93. The normalized spacial score (nSPS) is 9.47. The van der Waals surface area contributed by atoms with Gasteiger partial charge in [0.25, 0.3) is 12.3 Å². The molecule has 0 saturated heterocycles. The van der Waals surface area contributed by atoms with Crippen molar-refractivity contribution in [1.29, 1.82) is 0 Å². The van der Waals surface area contributed by atoms with Crippen LogP contribution >= 0.6 is 0 Å². The summed E-state index contributed by atoms with van der Waals surface area (Å²) in [5.74, 6) is -1.15. The Hall–Kier alpha value is -1.43. The fourth-order valence-electron chi connectivity index (χ4n) is 0.857. The topological polar surface area (TPSA) is 89.7 Å². The number of imide groups is 1. The molecule has 0 heterocycles. The lowest BCUT2D eigenvalue weighted by Gasteiger charge is -2.13. The summed E-state index contributed by atoms with van der Waals surface area (Å²) in [6.07, 6.45) is 1.51. The van der Waals surface area contributed by atoms with Gasteiger partial charge in [-0.1, -0.05) is 6.92 Å². The summed E-state index contributed by atoms with van der Waals surface area (Å²) in [5, 5.41) is 0.433. The van der Waals surface area contributed by atoms with E-state index in [-0.39, 0.29) is 19.3 Å². The molecule has 6 heteroatoms. The second-order valence-corrected chi connectivity index (χ2v) is 2.93. The van der Waals surface area contributed by atoms with Crippen LogP contribution in [0, 0.1) is 0 Å². The minimum atomic E-state index is -0.628. The number of rotatable bonds is 6. The highest BCUT2D eigenvalue weighted by atomic mass is 16.7. The van der Waals surface area contributed by atoms with Gasteiger partial charge >= 0.3 is 5.97 Å². The third-order valence-corrected chi connectivity index (χ3v) is 1.59. The van der Waals surface area contributed by atoms with Crippen LogP contribution < -0.4 is 5.73 Å². The molecule has 0 aromatic carbocycles. The average molecular weight is 216 g/mol. The Morgan fingerprint density at radius 3 is 2.53 bits per heavy atom. The van der Waals surface area contributed by atoms with Crippen LogP contribution in [0.2, 0.25) is 0 Å². The van der Waals surface area contributed by atoms with E-state index in [1.165, 1.54) is 0 Å². The zero-order valence-corrected chi connectivity index (χ0v) is 8.77. The molecule has 0 fully saturated rings. The highest BCUT2D eigenvalue weighted by Gasteiger charge is 2.16. The van der Waals surface area contributed by atoms with E-state index in [1.807, 2.05) is 0 Å². The molecule has 0 rings (SSSR count). The van der Waals surface area contributed by atoms with Crippen molar-refractivity contribution in [2.75, 3.05) is 6.54 Å². The van der Waals surface area contributed by atoms with Gasteiger partial charge in [-0.25, -0.2) is 4.79 Å². The Morgan fingerprint density at radius 2 is 2.07 bits per heavy atom. The highest BCUT2D eigenvalue weighted by molar-refractivity contribution is 5.86. The van der Waals surface area contributed by atoms with Crippen LogP contribution in [0.3, 0.4) is 0 Å². The predicted octanol–water partition coefficient (Wildman–Crippen LogP) is -0.0314. The van der Waals surface area contributed by atoms with Crippen LogP contribution in [0.5, 0.6) is 0 Å². The SMILES string of the molecule is CCCC(=O)N(C=O)OC(=O)CCCN. The summed E-state index contributed by atoms with van der Waals surface area (Å²) in [5.41, 5.74) is 5.19. The predicted molar refractivity (Wildman–Crippen MR) is 52.2 cm³/mol. The first kappa shape index (κ1) is 13.6. The maximum Gasteiger partial charge on any atom is 0.333 e.